The molecule has 0 atom stereocenters. The zero-order valence-electron chi connectivity index (χ0n) is 16.2. The minimum atomic E-state index is -0.182. The van der Waals surface area contributed by atoms with Crippen LogP contribution in [-0.2, 0) is 4.79 Å². The minimum Gasteiger partial charge on any atom is -0.351 e. The van der Waals surface area contributed by atoms with E-state index in [0.717, 1.165) is 26.9 Å². The first-order valence-electron chi connectivity index (χ1n) is 9.15. The van der Waals surface area contributed by atoms with Crippen LogP contribution in [0.1, 0.15) is 40.2 Å². The van der Waals surface area contributed by atoms with Crippen molar-refractivity contribution in [3.63, 3.8) is 0 Å². The number of carbonyl (C=O) groups excluding carboxylic acids is 2. The van der Waals surface area contributed by atoms with Gasteiger partial charge in [0.1, 0.15) is 11.3 Å². The van der Waals surface area contributed by atoms with Crippen LogP contribution < -0.4 is 10.6 Å². The third-order valence-electron chi connectivity index (χ3n) is 4.56. The van der Waals surface area contributed by atoms with Gasteiger partial charge in [-0.15, -0.1) is 0 Å². The molecule has 28 heavy (non-hydrogen) atoms. The van der Waals surface area contributed by atoms with Gasteiger partial charge in [-0.25, -0.2) is 4.98 Å². The van der Waals surface area contributed by atoms with Crippen LogP contribution in [0, 0.1) is 20.8 Å². The summed E-state index contributed by atoms with van der Waals surface area (Å²) in [6.45, 7) is 6.20. The molecular weight excluding hydrogens is 420 g/mol. The highest BCUT2D eigenvalue weighted by molar-refractivity contribution is 9.10. The van der Waals surface area contributed by atoms with E-state index < -0.39 is 0 Å². The Hall–Kier alpha value is -2.67. The van der Waals surface area contributed by atoms with Crippen LogP contribution in [0.25, 0.3) is 5.65 Å². The summed E-state index contributed by atoms with van der Waals surface area (Å²) in [5.74, 6) is -0.259. The molecule has 0 unspecified atom stereocenters. The second-order valence-electron chi connectivity index (χ2n) is 6.80. The normalized spacial score (nSPS) is 10.9. The lowest BCUT2D eigenvalue weighted by atomic mass is 10.2. The van der Waals surface area contributed by atoms with E-state index in [9.17, 15) is 9.59 Å². The number of pyridine rings is 1. The fraction of sp³-hybridized carbons (Fsp3) is 0.286. The van der Waals surface area contributed by atoms with Gasteiger partial charge in [0, 0.05) is 29.3 Å². The number of hydrogen-bond donors (Lipinski definition) is 2. The van der Waals surface area contributed by atoms with E-state index in [-0.39, 0.29) is 11.8 Å². The van der Waals surface area contributed by atoms with Crippen molar-refractivity contribution in [1.29, 1.82) is 0 Å². The number of carbonyl (C=O) groups is 2. The fourth-order valence-corrected chi connectivity index (χ4v) is 3.40. The molecule has 0 fully saturated rings. The lowest BCUT2D eigenvalue weighted by molar-refractivity contribution is -0.116. The number of nitrogens with zero attached hydrogens (tertiary/aromatic N) is 2. The van der Waals surface area contributed by atoms with Gasteiger partial charge in [0.25, 0.3) is 5.91 Å². The van der Waals surface area contributed by atoms with Crippen molar-refractivity contribution >= 4 is 39.1 Å². The molecule has 0 bridgehead atoms. The van der Waals surface area contributed by atoms with E-state index in [2.05, 4.69) is 31.5 Å². The molecule has 146 valence electrons. The first-order valence-corrected chi connectivity index (χ1v) is 9.94. The largest absolute Gasteiger partial charge is 0.351 e. The molecule has 0 spiro atoms. The maximum Gasteiger partial charge on any atom is 0.270 e. The molecule has 2 aromatic heterocycles. The summed E-state index contributed by atoms with van der Waals surface area (Å²) >= 11 is 3.46. The molecule has 3 aromatic rings. The number of imidazole rings is 1. The summed E-state index contributed by atoms with van der Waals surface area (Å²) in [6, 6.07) is 9.56. The Labute approximate surface area is 172 Å². The van der Waals surface area contributed by atoms with E-state index in [0.29, 0.717) is 30.8 Å². The Morgan fingerprint density at radius 2 is 1.93 bits per heavy atom. The maximum absolute atomic E-state index is 12.6. The molecule has 0 radical (unpaired) electrons. The van der Waals surface area contributed by atoms with Crippen LogP contribution in [0.3, 0.4) is 0 Å². The van der Waals surface area contributed by atoms with E-state index in [1.165, 1.54) is 0 Å². The van der Waals surface area contributed by atoms with E-state index >= 15 is 0 Å². The molecule has 0 aliphatic carbocycles. The standard InChI is InChI=1S/C21H23BrN4O2/c1-13-8-9-16(12-17(13)22)25-18(27)7-4-10-23-21(28)19-15(3)24-20-14(2)6-5-11-26(19)20/h5-6,8-9,11-12H,4,7,10H2,1-3H3,(H,23,28)(H,25,27). The second kappa shape index (κ2) is 8.56. The topological polar surface area (TPSA) is 75.5 Å². The molecule has 7 heteroatoms. The smallest absolute Gasteiger partial charge is 0.270 e. The Morgan fingerprint density at radius 1 is 1.14 bits per heavy atom. The SMILES string of the molecule is Cc1ccc(NC(=O)CCCNC(=O)c2c(C)nc3c(C)cccn23)cc1Br. The molecular formula is C21H23BrN4O2. The highest BCUT2D eigenvalue weighted by Crippen LogP contribution is 2.20. The lowest BCUT2D eigenvalue weighted by Crippen LogP contribution is -2.27. The summed E-state index contributed by atoms with van der Waals surface area (Å²) in [4.78, 5) is 29.2. The van der Waals surface area contributed by atoms with Crippen molar-refractivity contribution in [2.75, 3.05) is 11.9 Å². The van der Waals surface area contributed by atoms with Crippen molar-refractivity contribution in [2.45, 2.75) is 33.6 Å². The van der Waals surface area contributed by atoms with Crippen LogP contribution in [0.4, 0.5) is 5.69 Å². The highest BCUT2D eigenvalue weighted by atomic mass is 79.9. The van der Waals surface area contributed by atoms with Crippen LogP contribution in [0.5, 0.6) is 0 Å². The first kappa shape index (κ1) is 20.1. The third-order valence-corrected chi connectivity index (χ3v) is 5.41. The summed E-state index contributed by atoms with van der Waals surface area (Å²) in [6.07, 6.45) is 2.72. The maximum atomic E-state index is 12.6. The molecule has 0 aliphatic rings. The minimum absolute atomic E-state index is 0.0772. The van der Waals surface area contributed by atoms with Crippen molar-refractivity contribution in [2.24, 2.45) is 0 Å². The number of hydrogen-bond acceptors (Lipinski definition) is 3. The highest BCUT2D eigenvalue weighted by Gasteiger charge is 2.17. The predicted molar refractivity (Wildman–Crippen MR) is 114 cm³/mol. The second-order valence-corrected chi connectivity index (χ2v) is 7.66. The zero-order valence-corrected chi connectivity index (χ0v) is 17.8. The zero-order chi connectivity index (χ0) is 20.3. The van der Waals surface area contributed by atoms with Gasteiger partial charge in [-0.2, -0.15) is 0 Å². The van der Waals surface area contributed by atoms with Crippen molar-refractivity contribution in [1.82, 2.24) is 14.7 Å². The Bertz CT molecular complexity index is 1040. The number of rotatable bonds is 6. The summed E-state index contributed by atoms with van der Waals surface area (Å²) in [5.41, 5.74) is 4.89. The Kier molecular flexibility index (Phi) is 6.14. The van der Waals surface area contributed by atoms with Gasteiger partial charge < -0.3 is 10.6 Å². The number of amides is 2. The number of aromatic nitrogens is 2. The third kappa shape index (κ3) is 4.42. The molecule has 2 N–H and O–H groups in total. The van der Waals surface area contributed by atoms with Gasteiger partial charge in [-0.05, 0) is 56.5 Å². The van der Waals surface area contributed by atoms with Crippen LogP contribution in [0.2, 0.25) is 0 Å². The summed E-state index contributed by atoms with van der Waals surface area (Å²) < 4.78 is 2.76. The van der Waals surface area contributed by atoms with Crippen LogP contribution >= 0.6 is 15.9 Å². The van der Waals surface area contributed by atoms with Crippen molar-refractivity contribution in [3.05, 3.63) is 63.5 Å². The van der Waals surface area contributed by atoms with Gasteiger partial charge in [-0.1, -0.05) is 28.1 Å². The molecule has 2 heterocycles. The molecule has 1 aromatic carbocycles. The number of aryl methyl sites for hydroxylation is 3. The summed E-state index contributed by atoms with van der Waals surface area (Å²) in [5, 5.41) is 5.76. The Morgan fingerprint density at radius 3 is 2.68 bits per heavy atom. The van der Waals surface area contributed by atoms with Gasteiger partial charge in [0.2, 0.25) is 5.91 Å². The fourth-order valence-electron chi connectivity index (χ4n) is 3.02. The first-order chi connectivity index (χ1) is 13.4. The molecule has 0 saturated carbocycles. The van der Waals surface area contributed by atoms with E-state index in [1.807, 2.05) is 61.7 Å². The van der Waals surface area contributed by atoms with Gasteiger partial charge in [0.15, 0.2) is 0 Å². The van der Waals surface area contributed by atoms with Crippen LogP contribution in [-0.4, -0.2) is 27.7 Å². The molecule has 3 rings (SSSR count). The molecule has 6 nitrogen and oxygen atoms in total. The lowest BCUT2D eigenvalue weighted by Gasteiger charge is -2.08. The summed E-state index contributed by atoms with van der Waals surface area (Å²) in [7, 11) is 0. The monoisotopic (exact) mass is 442 g/mol. The number of benzene rings is 1. The molecule has 0 saturated heterocycles. The average molecular weight is 443 g/mol. The predicted octanol–water partition coefficient (Wildman–Crippen LogP) is 4.17. The average Bonchev–Trinajstić information content (AvgIpc) is 2.99. The van der Waals surface area contributed by atoms with Crippen LogP contribution in [0.15, 0.2) is 41.0 Å². The van der Waals surface area contributed by atoms with Gasteiger partial charge >= 0.3 is 0 Å². The number of anilines is 1. The molecule has 2 amide bonds. The number of fused-ring (bicyclic) bond motifs is 1. The van der Waals surface area contributed by atoms with Crippen molar-refractivity contribution in [3.8, 4) is 0 Å². The molecule has 0 aliphatic heterocycles. The Balaban J connectivity index is 1.52. The van der Waals surface area contributed by atoms with Crippen molar-refractivity contribution < 1.29 is 9.59 Å². The number of halogens is 1. The van der Waals surface area contributed by atoms with E-state index in [1.54, 1.807) is 0 Å². The van der Waals surface area contributed by atoms with Gasteiger partial charge in [0.05, 0.1) is 5.69 Å². The van der Waals surface area contributed by atoms with Gasteiger partial charge in [-0.3, -0.25) is 14.0 Å². The number of nitrogens with one attached hydrogen (secondary N) is 2. The quantitative estimate of drug-likeness (QED) is 0.562. The van der Waals surface area contributed by atoms with E-state index in [4.69, 9.17) is 0 Å².